The lowest BCUT2D eigenvalue weighted by atomic mass is 10.1. The van der Waals surface area contributed by atoms with Crippen LogP contribution in [-0.2, 0) is 0 Å². The Morgan fingerprint density at radius 1 is 0.933 bits per heavy atom. The Morgan fingerprint density at radius 3 is 2.27 bits per heavy atom. The molecule has 4 aromatic rings. The molecular formula is C24H20ClN3OS. The normalized spacial score (nSPS) is 10.9. The molecule has 0 fully saturated rings. The lowest BCUT2D eigenvalue weighted by Crippen LogP contribution is -2.05. The molecule has 0 radical (unpaired) electrons. The summed E-state index contributed by atoms with van der Waals surface area (Å²) in [5.41, 5.74) is 4.80. The van der Waals surface area contributed by atoms with Gasteiger partial charge in [0.15, 0.2) is 16.8 Å². The first-order valence-electron chi connectivity index (χ1n) is 9.52. The summed E-state index contributed by atoms with van der Waals surface area (Å²) in [5.74, 6) is 1.03. The zero-order chi connectivity index (χ0) is 21.1. The van der Waals surface area contributed by atoms with E-state index in [4.69, 9.17) is 11.6 Å². The van der Waals surface area contributed by atoms with Crippen molar-refractivity contribution in [2.75, 3.05) is 5.75 Å². The average molecular weight is 434 g/mol. The molecule has 0 saturated carbocycles. The molecule has 0 unspecified atom stereocenters. The highest BCUT2D eigenvalue weighted by Gasteiger charge is 2.18. The van der Waals surface area contributed by atoms with E-state index >= 15 is 0 Å². The van der Waals surface area contributed by atoms with Crippen LogP contribution in [0.2, 0.25) is 5.02 Å². The molecule has 0 atom stereocenters. The van der Waals surface area contributed by atoms with Gasteiger partial charge >= 0.3 is 0 Å². The summed E-state index contributed by atoms with van der Waals surface area (Å²) >= 11 is 7.57. The maximum Gasteiger partial charge on any atom is 0.196 e. The number of rotatable bonds is 6. The highest BCUT2D eigenvalue weighted by Crippen LogP contribution is 2.29. The summed E-state index contributed by atoms with van der Waals surface area (Å²) in [6.45, 7) is 4.05. The second-order valence-corrected chi connectivity index (χ2v) is 8.44. The molecule has 4 rings (SSSR count). The van der Waals surface area contributed by atoms with Gasteiger partial charge in [-0.25, -0.2) is 0 Å². The monoisotopic (exact) mass is 433 g/mol. The van der Waals surface area contributed by atoms with Crippen LogP contribution in [0.5, 0.6) is 0 Å². The predicted molar refractivity (Wildman–Crippen MR) is 123 cm³/mol. The van der Waals surface area contributed by atoms with Gasteiger partial charge in [0, 0.05) is 21.8 Å². The number of Topliss-reactive ketones (excluding diaryl/α,β-unsaturated/α-hetero) is 1. The van der Waals surface area contributed by atoms with Crippen LogP contribution in [0.15, 0.2) is 78.0 Å². The Hall–Kier alpha value is -2.89. The maximum absolute atomic E-state index is 12.6. The van der Waals surface area contributed by atoms with Gasteiger partial charge in [-0.3, -0.25) is 9.36 Å². The van der Waals surface area contributed by atoms with Crippen molar-refractivity contribution < 1.29 is 4.79 Å². The number of carbonyl (C=O) groups is 1. The van der Waals surface area contributed by atoms with Crippen molar-refractivity contribution in [3.05, 3.63) is 94.5 Å². The molecular weight excluding hydrogens is 414 g/mol. The number of aromatic nitrogens is 3. The van der Waals surface area contributed by atoms with Gasteiger partial charge in [0.2, 0.25) is 0 Å². The van der Waals surface area contributed by atoms with Gasteiger partial charge < -0.3 is 0 Å². The molecule has 0 N–H and O–H groups in total. The fourth-order valence-corrected chi connectivity index (χ4v) is 4.09. The van der Waals surface area contributed by atoms with Crippen LogP contribution in [0, 0.1) is 13.8 Å². The number of ketones is 1. The van der Waals surface area contributed by atoms with Crippen LogP contribution in [-0.4, -0.2) is 26.3 Å². The molecule has 0 aliphatic carbocycles. The van der Waals surface area contributed by atoms with Crippen molar-refractivity contribution in [3.8, 4) is 17.1 Å². The fraction of sp³-hybridized carbons (Fsp3) is 0.125. The molecule has 1 heterocycles. The van der Waals surface area contributed by atoms with Gasteiger partial charge in [0.1, 0.15) is 0 Å². The number of hydrogen-bond donors (Lipinski definition) is 0. The third-order valence-corrected chi connectivity index (χ3v) is 5.88. The summed E-state index contributed by atoms with van der Waals surface area (Å²) in [4.78, 5) is 12.6. The maximum atomic E-state index is 12.6. The number of nitrogens with zero attached hydrogens (tertiary/aromatic N) is 3. The van der Waals surface area contributed by atoms with Crippen LogP contribution in [0.4, 0.5) is 0 Å². The van der Waals surface area contributed by atoms with Crippen molar-refractivity contribution in [2.24, 2.45) is 0 Å². The molecule has 0 spiro atoms. The highest BCUT2D eigenvalue weighted by atomic mass is 35.5. The molecule has 3 aromatic carbocycles. The molecule has 0 bridgehead atoms. The Kier molecular flexibility index (Phi) is 6.02. The Labute approximate surface area is 184 Å². The molecule has 4 nitrogen and oxygen atoms in total. The largest absolute Gasteiger partial charge is 0.293 e. The number of halogens is 1. The van der Waals surface area contributed by atoms with Gasteiger partial charge in [0.25, 0.3) is 0 Å². The summed E-state index contributed by atoms with van der Waals surface area (Å²) in [5, 5.41) is 10.1. The summed E-state index contributed by atoms with van der Waals surface area (Å²) in [7, 11) is 0. The number of benzene rings is 3. The van der Waals surface area contributed by atoms with Crippen molar-refractivity contribution in [1.82, 2.24) is 14.8 Å². The lowest BCUT2D eigenvalue weighted by Gasteiger charge is -2.11. The first-order chi connectivity index (χ1) is 14.5. The highest BCUT2D eigenvalue weighted by molar-refractivity contribution is 7.99. The van der Waals surface area contributed by atoms with Crippen LogP contribution in [0.1, 0.15) is 21.5 Å². The lowest BCUT2D eigenvalue weighted by molar-refractivity contribution is 0.102. The van der Waals surface area contributed by atoms with Gasteiger partial charge in [-0.15, -0.1) is 10.2 Å². The first kappa shape index (κ1) is 20.4. The van der Waals surface area contributed by atoms with Gasteiger partial charge in [-0.2, -0.15) is 0 Å². The van der Waals surface area contributed by atoms with Crippen molar-refractivity contribution in [2.45, 2.75) is 19.0 Å². The molecule has 150 valence electrons. The first-order valence-corrected chi connectivity index (χ1v) is 10.9. The van der Waals surface area contributed by atoms with E-state index in [1.807, 2.05) is 91.2 Å². The van der Waals surface area contributed by atoms with E-state index < -0.39 is 0 Å². The van der Waals surface area contributed by atoms with E-state index in [-0.39, 0.29) is 11.5 Å². The standard InChI is InChI=1S/C24H20ClN3OS/c1-16-6-10-18(11-7-16)22(29)15-30-24-27-26-23(19-4-3-5-20(25)14-19)28(24)21-12-8-17(2)9-13-21/h3-14H,15H2,1-2H3. The van der Waals surface area contributed by atoms with Crippen LogP contribution in [0.25, 0.3) is 17.1 Å². The topological polar surface area (TPSA) is 47.8 Å². The summed E-state index contributed by atoms with van der Waals surface area (Å²) < 4.78 is 1.97. The zero-order valence-electron chi connectivity index (χ0n) is 16.7. The van der Waals surface area contributed by atoms with E-state index in [0.717, 1.165) is 16.8 Å². The number of aryl methyl sites for hydroxylation is 2. The molecule has 0 aliphatic heterocycles. The Bertz CT molecular complexity index is 1180. The predicted octanol–water partition coefficient (Wildman–Crippen LogP) is 6.18. The minimum Gasteiger partial charge on any atom is -0.293 e. The minimum absolute atomic E-state index is 0.0581. The van der Waals surface area contributed by atoms with Gasteiger partial charge in [-0.1, -0.05) is 83.0 Å². The van der Waals surface area contributed by atoms with Gasteiger partial charge in [-0.05, 0) is 38.1 Å². The van der Waals surface area contributed by atoms with E-state index in [1.54, 1.807) is 0 Å². The second kappa shape index (κ2) is 8.86. The minimum atomic E-state index is 0.0581. The third kappa shape index (κ3) is 4.48. The number of thioether (sulfide) groups is 1. The van der Waals surface area contributed by atoms with E-state index in [9.17, 15) is 4.79 Å². The van der Waals surface area contributed by atoms with E-state index in [0.29, 0.717) is 21.6 Å². The van der Waals surface area contributed by atoms with Crippen LogP contribution >= 0.6 is 23.4 Å². The molecule has 1 aromatic heterocycles. The summed E-state index contributed by atoms with van der Waals surface area (Å²) in [6.07, 6.45) is 0. The average Bonchev–Trinajstić information content (AvgIpc) is 3.17. The van der Waals surface area contributed by atoms with Gasteiger partial charge in [0.05, 0.1) is 5.75 Å². The number of carbonyl (C=O) groups excluding carboxylic acids is 1. The summed E-state index contributed by atoms with van der Waals surface area (Å²) in [6, 6.07) is 23.3. The van der Waals surface area contributed by atoms with E-state index in [2.05, 4.69) is 10.2 Å². The fourth-order valence-electron chi connectivity index (χ4n) is 3.06. The van der Waals surface area contributed by atoms with Crippen molar-refractivity contribution >= 4 is 29.1 Å². The Balaban J connectivity index is 1.68. The third-order valence-electron chi connectivity index (χ3n) is 4.71. The second-order valence-electron chi connectivity index (χ2n) is 7.07. The number of hydrogen-bond acceptors (Lipinski definition) is 4. The van der Waals surface area contributed by atoms with Crippen LogP contribution < -0.4 is 0 Å². The smallest absolute Gasteiger partial charge is 0.196 e. The van der Waals surface area contributed by atoms with E-state index in [1.165, 1.54) is 17.3 Å². The molecule has 0 aliphatic rings. The quantitative estimate of drug-likeness (QED) is 0.269. The molecule has 0 amide bonds. The Morgan fingerprint density at radius 2 is 1.60 bits per heavy atom. The SMILES string of the molecule is Cc1ccc(C(=O)CSc2nnc(-c3cccc(Cl)c3)n2-c2ccc(C)cc2)cc1. The van der Waals surface area contributed by atoms with Crippen molar-refractivity contribution in [1.29, 1.82) is 0 Å². The molecule has 0 saturated heterocycles. The van der Waals surface area contributed by atoms with Crippen LogP contribution in [0.3, 0.4) is 0 Å². The molecule has 6 heteroatoms. The zero-order valence-corrected chi connectivity index (χ0v) is 18.2. The molecule has 30 heavy (non-hydrogen) atoms. The van der Waals surface area contributed by atoms with Crippen molar-refractivity contribution in [3.63, 3.8) is 0 Å².